The van der Waals surface area contributed by atoms with E-state index in [9.17, 15) is 4.79 Å². The minimum absolute atomic E-state index is 0.203. The van der Waals surface area contributed by atoms with E-state index in [0.717, 1.165) is 30.0 Å². The lowest BCUT2D eigenvalue weighted by molar-refractivity contribution is -0.132. The van der Waals surface area contributed by atoms with Crippen LogP contribution in [-0.2, 0) is 4.79 Å². The molecule has 1 saturated heterocycles. The van der Waals surface area contributed by atoms with Crippen molar-refractivity contribution in [2.45, 2.75) is 25.7 Å². The maximum Gasteiger partial charge on any atom is 0.223 e. The minimum Gasteiger partial charge on any atom is -0.346 e. The SMILES string of the molecule is Cc1nccn2c(C3CCN(C)C(=O)C3)ncc12. The molecule has 5 heteroatoms. The molecule has 2 aromatic heterocycles. The molecule has 1 atom stereocenters. The number of imidazole rings is 1. The van der Waals surface area contributed by atoms with Crippen LogP contribution in [0, 0.1) is 6.92 Å². The van der Waals surface area contributed by atoms with E-state index in [2.05, 4.69) is 14.4 Å². The lowest BCUT2D eigenvalue weighted by atomic mass is 9.96. The third-order valence-electron chi connectivity index (χ3n) is 3.70. The number of likely N-dealkylation sites (tertiary alicyclic amines) is 1. The van der Waals surface area contributed by atoms with E-state index in [-0.39, 0.29) is 11.8 Å². The van der Waals surface area contributed by atoms with E-state index in [1.807, 2.05) is 26.4 Å². The van der Waals surface area contributed by atoms with Gasteiger partial charge in [-0.1, -0.05) is 0 Å². The Hall–Kier alpha value is -1.91. The van der Waals surface area contributed by atoms with Gasteiger partial charge in [-0.25, -0.2) is 4.98 Å². The molecule has 18 heavy (non-hydrogen) atoms. The smallest absolute Gasteiger partial charge is 0.223 e. The number of nitrogens with zero attached hydrogens (tertiary/aromatic N) is 4. The molecular formula is C13H16N4O. The Labute approximate surface area is 105 Å². The van der Waals surface area contributed by atoms with Gasteiger partial charge in [0.25, 0.3) is 0 Å². The third kappa shape index (κ3) is 1.66. The summed E-state index contributed by atoms with van der Waals surface area (Å²) in [4.78, 5) is 22.3. The summed E-state index contributed by atoms with van der Waals surface area (Å²) in [6, 6.07) is 0. The number of piperidine rings is 1. The van der Waals surface area contributed by atoms with Gasteiger partial charge in [-0.3, -0.25) is 9.78 Å². The summed E-state index contributed by atoms with van der Waals surface area (Å²) >= 11 is 0. The molecule has 0 N–H and O–H groups in total. The lowest BCUT2D eigenvalue weighted by Gasteiger charge is -2.28. The van der Waals surface area contributed by atoms with Gasteiger partial charge in [0.15, 0.2) is 0 Å². The second-order valence-electron chi connectivity index (χ2n) is 4.89. The minimum atomic E-state index is 0.203. The highest BCUT2D eigenvalue weighted by atomic mass is 16.2. The second kappa shape index (κ2) is 4.08. The summed E-state index contributed by atoms with van der Waals surface area (Å²) in [6.07, 6.45) is 7.08. The summed E-state index contributed by atoms with van der Waals surface area (Å²) < 4.78 is 2.06. The number of carbonyl (C=O) groups excluding carboxylic acids is 1. The van der Waals surface area contributed by atoms with E-state index < -0.39 is 0 Å². The normalized spacial score (nSPS) is 20.7. The van der Waals surface area contributed by atoms with Crippen molar-refractivity contribution in [3.05, 3.63) is 30.1 Å². The summed E-state index contributed by atoms with van der Waals surface area (Å²) in [6.45, 7) is 2.78. The Kier molecular flexibility index (Phi) is 2.54. The van der Waals surface area contributed by atoms with Gasteiger partial charge in [-0.05, 0) is 13.3 Å². The molecule has 1 aliphatic heterocycles. The van der Waals surface area contributed by atoms with Gasteiger partial charge in [0.05, 0.1) is 17.4 Å². The molecule has 1 unspecified atom stereocenters. The van der Waals surface area contributed by atoms with Gasteiger partial charge in [-0.2, -0.15) is 0 Å². The second-order valence-corrected chi connectivity index (χ2v) is 4.89. The van der Waals surface area contributed by atoms with Gasteiger partial charge in [0, 0.05) is 38.3 Å². The Morgan fingerprint density at radius 2 is 2.22 bits per heavy atom. The van der Waals surface area contributed by atoms with Crippen LogP contribution in [0.1, 0.15) is 30.3 Å². The van der Waals surface area contributed by atoms with Crippen molar-refractivity contribution in [2.75, 3.05) is 13.6 Å². The first kappa shape index (κ1) is 11.2. The van der Waals surface area contributed by atoms with E-state index in [1.54, 1.807) is 11.1 Å². The zero-order valence-corrected chi connectivity index (χ0v) is 10.6. The van der Waals surface area contributed by atoms with E-state index >= 15 is 0 Å². The summed E-state index contributed by atoms with van der Waals surface area (Å²) in [5, 5.41) is 0. The highest BCUT2D eigenvalue weighted by molar-refractivity contribution is 5.77. The third-order valence-corrected chi connectivity index (χ3v) is 3.70. The van der Waals surface area contributed by atoms with Gasteiger partial charge in [-0.15, -0.1) is 0 Å². The summed E-state index contributed by atoms with van der Waals surface area (Å²) in [5.74, 6) is 1.41. The van der Waals surface area contributed by atoms with Gasteiger partial charge in [0.2, 0.25) is 5.91 Å². The van der Waals surface area contributed by atoms with E-state index in [0.29, 0.717) is 6.42 Å². The van der Waals surface area contributed by atoms with Crippen molar-refractivity contribution in [1.82, 2.24) is 19.3 Å². The van der Waals surface area contributed by atoms with Crippen LogP contribution in [0.5, 0.6) is 0 Å². The molecule has 0 radical (unpaired) electrons. The Balaban J connectivity index is 2.00. The van der Waals surface area contributed by atoms with Crippen molar-refractivity contribution in [3.8, 4) is 0 Å². The van der Waals surface area contributed by atoms with Crippen LogP contribution in [0.25, 0.3) is 5.52 Å². The zero-order chi connectivity index (χ0) is 12.7. The van der Waals surface area contributed by atoms with Crippen molar-refractivity contribution in [3.63, 3.8) is 0 Å². The Morgan fingerprint density at radius 3 is 3.00 bits per heavy atom. The first-order valence-electron chi connectivity index (χ1n) is 6.19. The number of hydrogen-bond acceptors (Lipinski definition) is 3. The number of fused-ring (bicyclic) bond motifs is 1. The maximum absolute atomic E-state index is 11.8. The van der Waals surface area contributed by atoms with Crippen LogP contribution in [0.4, 0.5) is 0 Å². The average Bonchev–Trinajstić information content (AvgIpc) is 2.78. The number of amides is 1. The van der Waals surface area contributed by atoms with E-state index in [1.165, 1.54) is 0 Å². The lowest BCUT2D eigenvalue weighted by Crippen LogP contribution is -2.35. The first-order valence-corrected chi connectivity index (χ1v) is 6.19. The van der Waals surface area contributed by atoms with Crippen LogP contribution >= 0.6 is 0 Å². The van der Waals surface area contributed by atoms with E-state index in [4.69, 9.17) is 0 Å². The first-order chi connectivity index (χ1) is 8.66. The molecule has 3 heterocycles. The molecule has 5 nitrogen and oxygen atoms in total. The fourth-order valence-corrected chi connectivity index (χ4v) is 2.54. The van der Waals surface area contributed by atoms with Gasteiger partial charge < -0.3 is 9.30 Å². The molecule has 94 valence electrons. The van der Waals surface area contributed by atoms with Crippen molar-refractivity contribution in [2.24, 2.45) is 0 Å². The largest absolute Gasteiger partial charge is 0.346 e. The molecule has 1 fully saturated rings. The number of carbonyl (C=O) groups is 1. The van der Waals surface area contributed by atoms with Crippen molar-refractivity contribution < 1.29 is 4.79 Å². The van der Waals surface area contributed by atoms with Gasteiger partial charge >= 0.3 is 0 Å². The molecule has 0 aromatic carbocycles. The highest BCUT2D eigenvalue weighted by Crippen LogP contribution is 2.28. The fourth-order valence-electron chi connectivity index (χ4n) is 2.54. The topological polar surface area (TPSA) is 50.5 Å². The predicted octanol–water partition coefficient (Wildman–Crippen LogP) is 1.37. The zero-order valence-electron chi connectivity index (χ0n) is 10.6. The molecule has 0 spiro atoms. The summed E-state index contributed by atoms with van der Waals surface area (Å²) in [7, 11) is 1.86. The van der Waals surface area contributed by atoms with Crippen LogP contribution < -0.4 is 0 Å². The molecule has 0 bridgehead atoms. The highest BCUT2D eigenvalue weighted by Gasteiger charge is 2.27. The monoisotopic (exact) mass is 244 g/mol. The van der Waals surface area contributed by atoms with Crippen LogP contribution in [0.3, 0.4) is 0 Å². The molecule has 1 aliphatic rings. The molecule has 1 amide bonds. The molecule has 3 rings (SSSR count). The van der Waals surface area contributed by atoms with Crippen LogP contribution in [-0.4, -0.2) is 38.8 Å². The number of hydrogen-bond donors (Lipinski definition) is 0. The standard InChI is InChI=1S/C13H16N4O/c1-9-11-8-15-13(17(11)6-4-14-9)10-3-5-16(2)12(18)7-10/h4,6,8,10H,3,5,7H2,1-2H3. The van der Waals surface area contributed by atoms with Gasteiger partial charge in [0.1, 0.15) is 5.82 Å². The summed E-state index contributed by atoms with van der Waals surface area (Å²) in [5.41, 5.74) is 1.99. The quantitative estimate of drug-likeness (QED) is 0.761. The Bertz CT molecular complexity index is 604. The predicted molar refractivity (Wildman–Crippen MR) is 67.3 cm³/mol. The Morgan fingerprint density at radius 1 is 1.39 bits per heavy atom. The maximum atomic E-state index is 11.8. The average molecular weight is 244 g/mol. The number of aryl methyl sites for hydroxylation is 1. The molecule has 2 aromatic rings. The van der Waals surface area contributed by atoms with Crippen LogP contribution in [0.15, 0.2) is 18.6 Å². The number of rotatable bonds is 1. The molecule has 0 aliphatic carbocycles. The molecule has 0 saturated carbocycles. The van der Waals surface area contributed by atoms with Crippen LogP contribution in [0.2, 0.25) is 0 Å². The van der Waals surface area contributed by atoms with Crippen molar-refractivity contribution >= 4 is 11.4 Å². The molecular weight excluding hydrogens is 228 g/mol. The van der Waals surface area contributed by atoms with Crippen molar-refractivity contribution in [1.29, 1.82) is 0 Å². The fraction of sp³-hybridized carbons (Fsp3) is 0.462. The number of aromatic nitrogens is 3.